The molecule has 2 heterocycles. The van der Waals surface area contributed by atoms with Crippen molar-refractivity contribution in [3.05, 3.63) is 65.4 Å². The van der Waals surface area contributed by atoms with E-state index in [1.807, 2.05) is 37.3 Å². The minimum atomic E-state index is -0.129. The fraction of sp³-hybridized carbons (Fsp3) is 0.318. The Labute approximate surface area is 164 Å². The fourth-order valence-corrected chi connectivity index (χ4v) is 3.90. The highest BCUT2D eigenvalue weighted by Gasteiger charge is 2.29. The molecule has 6 heteroatoms. The Balaban J connectivity index is 1.52. The molecule has 2 unspecified atom stereocenters. The first-order chi connectivity index (χ1) is 13.6. The normalized spacial score (nSPS) is 19.1. The zero-order valence-electron chi connectivity index (χ0n) is 16.5. The standard InChI is InChI=1S/C22H26N4O2/c1-4-26-19-12-17(28-3)9-8-15(19)11-20(26)18-13-21(25-24-18)23-22(27)16-7-5-6-14(2)10-16/h5-12,18,21,24-25H,4,13H2,1-3H3,(H,23,27). The largest absolute Gasteiger partial charge is 0.497 e. The van der Waals surface area contributed by atoms with Gasteiger partial charge in [0.25, 0.3) is 5.91 Å². The molecule has 1 aliphatic rings. The number of aromatic nitrogens is 1. The highest BCUT2D eigenvalue weighted by Crippen LogP contribution is 2.30. The van der Waals surface area contributed by atoms with Crippen molar-refractivity contribution in [2.24, 2.45) is 0 Å². The van der Waals surface area contributed by atoms with Crippen LogP contribution in [0.4, 0.5) is 0 Å². The van der Waals surface area contributed by atoms with Crippen LogP contribution >= 0.6 is 0 Å². The number of fused-ring (bicyclic) bond motifs is 1. The third-order valence-corrected chi connectivity index (χ3v) is 5.31. The summed E-state index contributed by atoms with van der Waals surface area (Å²) in [6, 6.07) is 16.1. The van der Waals surface area contributed by atoms with Gasteiger partial charge in [-0.1, -0.05) is 17.7 Å². The number of aryl methyl sites for hydroxylation is 2. The molecular formula is C22H26N4O2. The Hall–Kier alpha value is -2.83. The Kier molecular flexibility index (Phi) is 5.07. The monoisotopic (exact) mass is 378 g/mol. The minimum Gasteiger partial charge on any atom is -0.497 e. The van der Waals surface area contributed by atoms with E-state index >= 15 is 0 Å². The van der Waals surface area contributed by atoms with E-state index in [0.717, 1.165) is 29.8 Å². The topological polar surface area (TPSA) is 67.3 Å². The van der Waals surface area contributed by atoms with Crippen LogP contribution in [0, 0.1) is 6.92 Å². The number of nitrogens with one attached hydrogen (secondary N) is 3. The van der Waals surface area contributed by atoms with Crippen molar-refractivity contribution < 1.29 is 9.53 Å². The first kappa shape index (κ1) is 18.5. The van der Waals surface area contributed by atoms with Crippen molar-refractivity contribution in [3.63, 3.8) is 0 Å². The lowest BCUT2D eigenvalue weighted by Crippen LogP contribution is -2.44. The molecule has 4 rings (SSSR count). The van der Waals surface area contributed by atoms with Crippen molar-refractivity contribution in [1.82, 2.24) is 20.7 Å². The van der Waals surface area contributed by atoms with Crippen LogP contribution in [-0.4, -0.2) is 23.7 Å². The van der Waals surface area contributed by atoms with Crippen LogP contribution in [0.5, 0.6) is 5.75 Å². The third-order valence-electron chi connectivity index (χ3n) is 5.31. The molecule has 2 aromatic carbocycles. The fourth-order valence-electron chi connectivity index (χ4n) is 3.90. The lowest BCUT2D eigenvalue weighted by molar-refractivity contribution is 0.0932. The molecule has 146 valence electrons. The summed E-state index contributed by atoms with van der Waals surface area (Å²) in [5.41, 5.74) is 10.7. The van der Waals surface area contributed by atoms with Gasteiger partial charge in [0.1, 0.15) is 5.75 Å². The molecule has 6 nitrogen and oxygen atoms in total. The minimum absolute atomic E-state index is 0.0654. The molecule has 3 N–H and O–H groups in total. The number of carbonyl (C=O) groups excluding carboxylic acids is 1. The molecule has 1 amide bonds. The van der Waals surface area contributed by atoms with Crippen molar-refractivity contribution in [1.29, 1.82) is 0 Å². The van der Waals surface area contributed by atoms with Crippen LogP contribution in [0.15, 0.2) is 48.5 Å². The lowest BCUT2D eigenvalue weighted by Gasteiger charge is -2.14. The lowest BCUT2D eigenvalue weighted by atomic mass is 10.1. The van der Waals surface area contributed by atoms with E-state index in [1.165, 1.54) is 11.1 Å². The summed E-state index contributed by atoms with van der Waals surface area (Å²) in [6.45, 7) is 4.99. The maximum atomic E-state index is 12.5. The van der Waals surface area contributed by atoms with Gasteiger partial charge in [-0.05, 0) is 44.2 Å². The summed E-state index contributed by atoms with van der Waals surface area (Å²) in [4.78, 5) is 12.5. The number of methoxy groups -OCH3 is 1. The molecule has 1 aliphatic heterocycles. The molecule has 0 saturated carbocycles. The number of amides is 1. The highest BCUT2D eigenvalue weighted by atomic mass is 16.5. The van der Waals surface area contributed by atoms with Gasteiger partial charge in [0.2, 0.25) is 0 Å². The second-order valence-corrected chi connectivity index (χ2v) is 7.21. The number of ether oxygens (including phenoxy) is 1. The van der Waals surface area contributed by atoms with E-state index in [4.69, 9.17) is 4.74 Å². The highest BCUT2D eigenvalue weighted by molar-refractivity contribution is 5.94. The van der Waals surface area contributed by atoms with Gasteiger partial charge in [-0.15, -0.1) is 0 Å². The summed E-state index contributed by atoms with van der Waals surface area (Å²) >= 11 is 0. The van der Waals surface area contributed by atoms with Gasteiger partial charge in [0, 0.05) is 35.7 Å². The second kappa shape index (κ2) is 7.66. The molecule has 1 aromatic heterocycles. The van der Waals surface area contributed by atoms with Gasteiger partial charge in [-0.25, -0.2) is 10.9 Å². The molecule has 0 bridgehead atoms. The van der Waals surface area contributed by atoms with Crippen molar-refractivity contribution in [3.8, 4) is 5.75 Å². The van der Waals surface area contributed by atoms with Crippen LogP contribution in [0.25, 0.3) is 10.9 Å². The number of nitrogens with zero attached hydrogens (tertiary/aromatic N) is 1. The SMILES string of the molecule is CCn1c(C2CC(NC(=O)c3cccc(C)c3)NN2)cc2ccc(OC)cc21. The van der Waals surface area contributed by atoms with Gasteiger partial charge in [0.05, 0.1) is 24.8 Å². The van der Waals surface area contributed by atoms with Gasteiger partial charge in [0.15, 0.2) is 0 Å². The van der Waals surface area contributed by atoms with E-state index < -0.39 is 0 Å². The molecule has 1 fully saturated rings. The van der Waals surface area contributed by atoms with Crippen molar-refractivity contribution >= 4 is 16.8 Å². The van der Waals surface area contributed by atoms with Gasteiger partial charge in [-0.2, -0.15) is 0 Å². The van der Waals surface area contributed by atoms with Crippen molar-refractivity contribution in [2.75, 3.05) is 7.11 Å². The van der Waals surface area contributed by atoms with E-state index in [9.17, 15) is 4.79 Å². The number of rotatable bonds is 5. The predicted octanol–water partition coefficient (Wildman–Crippen LogP) is 3.27. The van der Waals surface area contributed by atoms with Gasteiger partial charge < -0.3 is 14.6 Å². The van der Waals surface area contributed by atoms with E-state index in [2.05, 4.69) is 45.9 Å². The molecule has 0 radical (unpaired) electrons. The molecular weight excluding hydrogens is 352 g/mol. The maximum Gasteiger partial charge on any atom is 0.252 e. The Bertz CT molecular complexity index is 1010. The molecule has 3 aromatic rings. The Morgan fingerprint density at radius 2 is 2.07 bits per heavy atom. The average molecular weight is 378 g/mol. The van der Waals surface area contributed by atoms with Crippen LogP contribution < -0.4 is 20.9 Å². The number of hydrazine groups is 1. The van der Waals surface area contributed by atoms with E-state index in [1.54, 1.807) is 7.11 Å². The smallest absolute Gasteiger partial charge is 0.252 e. The van der Waals surface area contributed by atoms with Crippen LogP contribution in [-0.2, 0) is 6.54 Å². The van der Waals surface area contributed by atoms with Gasteiger partial charge in [-0.3, -0.25) is 4.79 Å². The zero-order chi connectivity index (χ0) is 19.7. The quantitative estimate of drug-likeness (QED) is 0.637. The number of benzene rings is 2. The average Bonchev–Trinajstić information content (AvgIpc) is 3.31. The molecule has 2 atom stereocenters. The Morgan fingerprint density at radius 1 is 1.21 bits per heavy atom. The first-order valence-electron chi connectivity index (χ1n) is 9.64. The molecule has 0 aliphatic carbocycles. The van der Waals surface area contributed by atoms with Crippen molar-refractivity contribution in [2.45, 2.75) is 39.0 Å². The van der Waals surface area contributed by atoms with Crippen LogP contribution in [0.2, 0.25) is 0 Å². The van der Waals surface area contributed by atoms with Crippen LogP contribution in [0.3, 0.4) is 0 Å². The number of hydrogen-bond donors (Lipinski definition) is 3. The zero-order valence-corrected chi connectivity index (χ0v) is 16.5. The van der Waals surface area contributed by atoms with Gasteiger partial charge >= 0.3 is 0 Å². The first-order valence-corrected chi connectivity index (χ1v) is 9.64. The number of carbonyl (C=O) groups is 1. The molecule has 28 heavy (non-hydrogen) atoms. The summed E-state index contributed by atoms with van der Waals surface area (Å²) in [5.74, 6) is 0.789. The van der Waals surface area contributed by atoms with Crippen LogP contribution in [0.1, 0.15) is 41.0 Å². The third kappa shape index (κ3) is 3.48. The molecule has 1 saturated heterocycles. The second-order valence-electron chi connectivity index (χ2n) is 7.21. The maximum absolute atomic E-state index is 12.5. The van der Waals surface area contributed by atoms with E-state index in [-0.39, 0.29) is 18.1 Å². The Morgan fingerprint density at radius 3 is 2.82 bits per heavy atom. The summed E-state index contributed by atoms with van der Waals surface area (Å²) < 4.78 is 7.67. The molecule has 0 spiro atoms. The summed E-state index contributed by atoms with van der Waals surface area (Å²) in [5, 5.41) is 4.26. The summed E-state index contributed by atoms with van der Waals surface area (Å²) in [7, 11) is 1.69. The van der Waals surface area contributed by atoms with E-state index in [0.29, 0.717) is 5.56 Å². The summed E-state index contributed by atoms with van der Waals surface area (Å²) in [6.07, 6.45) is 0.640. The predicted molar refractivity (Wildman–Crippen MR) is 110 cm³/mol. The number of hydrogen-bond acceptors (Lipinski definition) is 4.